The van der Waals surface area contributed by atoms with E-state index in [1.54, 1.807) is 0 Å². The average molecular weight is 689 g/mol. The Balaban J connectivity index is 1.55. The maximum atomic E-state index is 7.95. The monoisotopic (exact) mass is 686 g/mol. The van der Waals surface area contributed by atoms with Gasteiger partial charge in [-0.15, -0.1) is 0 Å². The van der Waals surface area contributed by atoms with Crippen LogP contribution in [-0.4, -0.2) is 9.52 Å². The molecule has 6 rings (SSSR count). The van der Waals surface area contributed by atoms with Crippen LogP contribution in [0.4, 0.5) is 0 Å². The number of hydrogen-bond acceptors (Lipinski definition) is 0. The molecular formula is C38H42Cl2SiZr. The van der Waals surface area contributed by atoms with Gasteiger partial charge in [-0.3, -0.25) is 0 Å². The van der Waals surface area contributed by atoms with E-state index >= 15 is 0 Å². The number of benzene rings is 4. The molecule has 0 N–H and O–H groups in total. The summed E-state index contributed by atoms with van der Waals surface area (Å²) in [5.41, 5.74) is 13.7. The summed E-state index contributed by atoms with van der Waals surface area (Å²) in [7, 11) is 15.3. The summed E-state index contributed by atoms with van der Waals surface area (Å²) in [5.74, 6) is 1.37. The van der Waals surface area contributed by atoms with Crippen LogP contribution in [-0.2, 0) is 17.9 Å². The van der Waals surface area contributed by atoms with Gasteiger partial charge in [0.2, 0.25) is 0 Å². The van der Waals surface area contributed by atoms with Crippen molar-refractivity contribution < 1.29 is 17.9 Å². The molecule has 0 bridgehead atoms. The van der Waals surface area contributed by atoms with Crippen LogP contribution >= 0.6 is 17.0 Å². The summed E-state index contributed by atoms with van der Waals surface area (Å²) in [5, 5.41) is 3.01. The van der Waals surface area contributed by atoms with E-state index in [9.17, 15) is 0 Å². The minimum atomic E-state index is -4.02. The summed E-state index contributed by atoms with van der Waals surface area (Å²) < 4.78 is 1.42. The number of hydrogen-bond donors (Lipinski definition) is 0. The first-order valence-corrected chi connectivity index (χ1v) is 26.0. The molecule has 1 aliphatic carbocycles. The topological polar surface area (TPSA) is 0 Å². The predicted molar refractivity (Wildman–Crippen MR) is 186 cm³/mol. The Bertz CT molecular complexity index is 1690. The van der Waals surface area contributed by atoms with Crippen LogP contribution in [0.1, 0.15) is 91.2 Å². The molecule has 1 aliphatic heterocycles. The molecule has 42 heavy (non-hydrogen) atoms. The van der Waals surface area contributed by atoms with Gasteiger partial charge in [0.05, 0.1) is 0 Å². The van der Waals surface area contributed by atoms with Crippen molar-refractivity contribution >= 4 is 46.3 Å². The van der Waals surface area contributed by atoms with Gasteiger partial charge in [-0.2, -0.15) is 0 Å². The van der Waals surface area contributed by atoms with Crippen molar-refractivity contribution in [3.63, 3.8) is 0 Å². The third-order valence-electron chi connectivity index (χ3n) is 9.80. The summed E-state index contributed by atoms with van der Waals surface area (Å²) >= 11 is -4.02. The van der Waals surface area contributed by atoms with Crippen LogP contribution < -0.4 is 13.6 Å². The van der Waals surface area contributed by atoms with Crippen molar-refractivity contribution in [1.29, 1.82) is 0 Å². The number of fused-ring (bicyclic) bond motifs is 4. The maximum absolute atomic E-state index is 7.95. The number of rotatable bonds is 7. The first kappa shape index (κ1) is 30.3. The van der Waals surface area contributed by atoms with Crippen molar-refractivity contribution in [2.45, 2.75) is 70.3 Å². The average Bonchev–Trinajstić information content (AvgIpc) is 3.55. The van der Waals surface area contributed by atoms with E-state index in [1.807, 2.05) is 0 Å². The van der Waals surface area contributed by atoms with E-state index in [1.165, 1.54) is 69.3 Å². The third-order valence-corrected chi connectivity index (χ3v) is 24.1. The van der Waals surface area contributed by atoms with Gasteiger partial charge < -0.3 is 0 Å². The number of halogens is 2. The van der Waals surface area contributed by atoms with E-state index in [0.717, 1.165) is 6.42 Å². The molecule has 2 unspecified atom stereocenters. The van der Waals surface area contributed by atoms with Gasteiger partial charge in [-0.25, -0.2) is 0 Å². The predicted octanol–water partition coefficient (Wildman–Crippen LogP) is 9.28. The van der Waals surface area contributed by atoms with E-state index in [-0.39, 0.29) is 3.63 Å². The van der Waals surface area contributed by atoms with Gasteiger partial charge in [-0.1, -0.05) is 0 Å². The molecule has 0 nitrogen and oxygen atoms in total. The Morgan fingerprint density at radius 2 is 1.48 bits per heavy atom. The Morgan fingerprint density at radius 3 is 2.14 bits per heavy atom. The Hall–Kier alpha value is -1.70. The van der Waals surface area contributed by atoms with Crippen LogP contribution in [0, 0.1) is 12.8 Å². The second-order valence-corrected chi connectivity index (χ2v) is 29.0. The Labute approximate surface area is 266 Å². The molecule has 4 heteroatoms. The molecule has 0 aromatic heterocycles. The molecule has 0 saturated heterocycles. The molecule has 0 saturated carbocycles. The van der Waals surface area contributed by atoms with Crippen molar-refractivity contribution in [2.75, 3.05) is 0 Å². The molecule has 2 atom stereocenters. The fourth-order valence-corrected chi connectivity index (χ4v) is 24.1. The first-order chi connectivity index (χ1) is 20.0. The minimum absolute atomic E-state index is 0.106. The van der Waals surface area contributed by atoms with Gasteiger partial charge in [-0.05, 0) is 0 Å². The van der Waals surface area contributed by atoms with Crippen molar-refractivity contribution in [2.24, 2.45) is 5.92 Å². The molecule has 0 amide bonds. The van der Waals surface area contributed by atoms with E-state index < -0.39 is 27.4 Å². The molecule has 0 radical (unpaired) electrons. The van der Waals surface area contributed by atoms with Crippen LogP contribution in [0.2, 0.25) is 0 Å². The molecule has 1 heterocycles. The zero-order chi connectivity index (χ0) is 29.9. The van der Waals surface area contributed by atoms with Gasteiger partial charge in [0.1, 0.15) is 0 Å². The zero-order valence-corrected chi connectivity index (χ0v) is 31.4. The summed E-state index contributed by atoms with van der Waals surface area (Å²) in [6.45, 7) is 16.1. The van der Waals surface area contributed by atoms with Gasteiger partial charge in [0, 0.05) is 0 Å². The van der Waals surface area contributed by atoms with E-state index in [2.05, 4.69) is 127 Å². The first-order valence-electron chi connectivity index (χ1n) is 15.6. The third kappa shape index (κ3) is 5.09. The fourth-order valence-electron chi connectivity index (χ4n) is 7.14. The van der Waals surface area contributed by atoms with E-state index in [0.29, 0.717) is 17.8 Å². The number of allylic oxidation sites excluding steroid dienone is 1. The zero-order valence-electron chi connectivity index (χ0n) is 26.0. The van der Waals surface area contributed by atoms with Crippen LogP contribution in [0.5, 0.6) is 0 Å². The van der Waals surface area contributed by atoms with Crippen LogP contribution in [0.3, 0.4) is 0 Å². The quantitative estimate of drug-likeness (QED) is 0.150. The Morgan fingerprint density at radius 1 is 0.810 bits per heavy atom. The standard InChI is InChI=1S/C26H33.C12H9Si.2ClH.Zr/c1-8-18(6)23-11-20-10-9-19(7)26(25(20)15-23)24-13-21(16(2)3)12-22(14-24)17(4)5;1-3-7-11-9(5-1)10-6-2-4-8-12(10)13-11;;;/h9-18H,8H2,1-7H3;1-7H,13H2;2*1H;/q;;;;+2/p-2. The van der Waals surface area contributed by atoms with Gasteiger partial charge >= 0.3 is 269 Å². The normalized spacial score (nSPS) is 17.0. The molecule has 0 spiro atoms. The van der Waals surface area contributed by atoms with E-state index in [4.69, 9.17) is 17.0 Å². The summed E-state index contributed by atoms with van der Waals surface area (Å²) in [6, 6.07) is 27.6. The molecule has 0 fully saturated rings. The fraction of sp³-hybridized carbons (Fsp3) is 0.316. The SMILES string of the molecule is CCC(C)C1=Cc2c(ccc(C)c2-c2cc(C(C)C)cc(C(C)C)c2)[CH]1[Zr]([Cl])([Cl])[c]1cccc2c1[SiH2]c1ccccc1-2. The number of aryl methyl sites for hydroxylation is 1. The Kier molecular flexibility index (Phi) is 8.42. The van der Waals surface area contributed by atoms with Crippen LogP contribution in [0.25, 0.3) is 28.3 Å². The van der Waals surface area contributed by atoms with Crippen LogP contribution in [0.15, 0.2) is 78.4 Å². The van der Waals surface area contributed by atoms with Crippen molar-refractivity contribution in [1.82, 2.24) is 0 Å². The molecular weight excluding hydrogens is 647 g/mol. The van der Waals surface area contributed by atoms with Gasteiger partial charge in [0.15, 0.2) is 0 Å². The molecule has 4 aromatic rings. The summed E-state index contributed by atoms with van der Waals surface area (Å²) in [6.07, 6.45) is 3.58. The molecule has 4 aromatic carbocycles. The molecule has 2 aliphatic rings. The van der Waals surface area contributed by atoms with Crippen molar-refractivity contribution in [3.8, 4) is 22.3 Å². The molecule has 216 valence electrons. The second kappa shape index (κ2) is 11.7. The summed E-state index contributed by atoms with van der Waals surface area (Å²) in [4.78, 5) is 0. The van der Waals surface area contributed by atoms with Crippen molar-refractivity contribution in [3.05, 3.63) is 106 Å². The second-order valence-electron chi connectivity index (χ2n) is 13.1. The van der Waals surface area contributed by atoms with Gasteiger partial charge in [0.25, 0.3) is 0 Å².